The second-order valence-corrected chi connectivity index (χ2v) is 3.93. The summed E-state index contributed by atoms with van der Waals surface area (Å²) in [6.45, 7) is 0. The lowest BCUT2D eigenvalue weighted by molar-refractivity contribution is 0.0799. The van der Waals surface area contributed by atoms with Gasteiger partial charge in [0.05, 0.1) is 0 Å². The second-order valence-electron chi connectivity index (χ2n) is 3.93. The third kappa shape index (κ3) is 1.99. The van der Waals surface area contributed by atoms with Crippen LogP contribution in [0, 0.1) is 0 Å². The number of furan rings is 1. The quantitative estimate of drug-likeness (QED) is 0.846. The first-order valence-electron chi connectivity index (χ1n) is 5.04. The molecule has 0 aliphatic rings. The topological polar surface area (TPSA) is 76.5 Å². The summed E-state index contributed by atoms with van der Waals surface area (Å²) in [4.78, 5) is 24.1. The van der Waals surface area contributed by atoms with E-state index in [1.54, 1.807) is 38.4 Å². The first-order valence-corrected chi connectivity index (χ1v) is 5.04. The van der Waals surface area contributed by atoms with E-state index in [-0.39, 0.29) is 11.7 Å². The second kappa shape index (κ2) is 3.93. The van der Waals surface area contributed by atoms with E-state index in [9.17, 15) is 9.59 Å². The lowest BCUT2D eigenvalue weighted by atomic mass is 10.1. The minimum Gasteiger partial charge on any atom is -0.451 e. The first-order chi connectivity index (χ1) is 7.99. The van der Waals surface area contributed by atoms with Crippen LogP contribution in [0.2, 0.25) is 0 Å². The summed E-state index contributed by atoms with van der Waals surface area (Å²) in [6, 6.07) is 6.40. The summed E-state index contributed by atoms with van der Waals surface area (Å²) in [7, 11) is 3.29. The Labute approximate surface area is 97.8 Å². The molecule has 5 nitrogen and oxygen atoms in total. The van der Waals surface area contributed by atoms with Gasteiger partial charge in [-0.1, -0.05) is 0 Å². The van der Waals surface area contributed by atoms with Gasteiger partial charge in [0.15, 0.2) is 5.76 Å². The molecule has 0 saturated carbocycles. The summed E-state index contributed by atoms with van der Waals surface area (Å²) >= 11 is 0. The van der Waals surface area contributed by atoms with Gasteiger partial charge in [-0.2, -0.15) is 0 Å². The molecular weight excluding hydrogens is 220 g/mol. The molecule has 0 saturated heterocycles. The number of fused-ring (bicyclic) bond motifs is 1. The average Bonchev–Trinajstić information content (AvgIpc) is 2.69. The Kier molecular flexibility index (Phi) is 2.59. The number of amides is 2. The van der Waals surface area contributed by atoms with Crippen molar-refractivity contribution < 1.29 is 14.0 Å². The molecule has 0 bridgehead atoms. The number of hydrogen-bond donors (Lipinski definition) is 1. The fourth-order valence-corrected chi connectivity index (χ4v) is 1.52. The Morgan fingerprint density at radius 1 is 1.24 bits per heavy atom. The summed E-state index contributed by atoms with van der Waals surface area (Å²) < 4.78 is 5.38. The van der Waals surface area contributed by atoms with Gasteiger partial charge in [0, 0.05) is 25.0 Å². The van der Waals surface area contributed by atoms with Crippen LogP contribution in [0.3, 0.4) is 0 Å². The average molecular weight is 232 g/mol. The van der Waals surface area contributed by atoms with E-state index < -0.39 is 5.91 Å². The van der Waals surface area contributed by atoms with Crippen molar-refractivity contribution in [1.82, 2.24) is 4.90 Å². The fraction of sp³-hybridized carbons (Fsp3) is 0.167. The number of nitrogens with zero attached hydrogens (tertiary/aromatic N) is 1. The number of nitrogens with two attached hydrogens (primary N) is 1. The predicted octanol–water partition coefficient (Wildman–Crippen LogP) is 1.23. The van der Waals surface area contributed by atoms with Crippen LogP contribution in [0.5, 0.6) is 0 Å². The van der Waals surface area contributed by atoms with Crippen LogP contribution in [-0.2, 0) is 0 Å². The van der Waals surface area contributed by atoms with Crippen LogP contribution in [-0.4, -0.2) is 30.8 Å². The molecular formula is C12H12N2O3. The normalized spacial score (nSPS) is 10.5. The minimum absolute atomic E-state index is 0.221. The van der Waals surface area contributed by atoms with Crippen molar-refractivity contribution in [3.63, 3.8) is 0 Å². The smallest absolute Gasteiger partial charge is 0.289 e. The highest BCUT2D eigenvalue weighted by molar-refractivity contribution is 5.99. The van der Waals surface area contributed by atoms with Crippen molar-refractivity contribution in [3.8, 4) is 0 Å². The number of primary amides is 1. The monoisotopic (exact) mass is 232 g/mol. The van der Waals surface area contributed by atoms with Crippen molar-refractivity contribution in [3.05, 3.63) is 35.6 Å². The summed E-state index contributed by atoms with van der Waals surface area (Å²) in [6.07, 6.45) is 0. The standard InChI is InChI=1S/C12H12N2O3/c1-14(2)12(16)10-6-8-5-7(11(13)15)3-4-9(8)17-10/h3-6H,1-2H3,(H2,13,15). The Morgan fingerprint density at radius 3 is 2.53 bits per heavy atom. The van der Waals surface area contributed by atoms with Crippen LogP contribution in [0.25, 0.3) is 11.0 Å². The Bertz CT molecular complexity index is 599. The fourth-order valence-electron chi connectivity index (χ4n) is 1.52. The van der Waals surface area contributed by atoms with Gasteiger partial charge in [-0.25, -0.2) is 0 Å². The molecule has 1 aromatic heterocycles. The Morgan fingerprint density at radius 2 is 1.94 bits per heavy atom. The van der Waals surface area contributed by atoms with Gasteiger partial charge in [-0.3, -0.25) is 9.59 Å². The molecule has 2 amide bonds. The molecule has 0 spiro atoms. The number of carbonyl (C=O) groups excluding carboxylic acids is 2. The lowest BCUT2D eigenvalue weighted by Crippen LogP contribution is -2.20. The van der Waals surface area contributed by atoms with Crippen LogP contribution in [0.1, 0.15) is 20.9 Å². The van der Waals surface area contributed by atoms with E-state index in [1.165, 1.54) is 4.90 Å². The maximum atomic E-state index is 11.7. The Balaban J connectivity index is 2.51. The van der Waals surface area contributed by atoms with Gasteiger partial charge in [0.25, 0.3) is 5.91 Å². The molecule has 0 unspecified atom stereocenters. The maximum Gasteiger partial charge on any atom is 0.289 e. The molecule has 88 valence electrons. The molecule has 5 heteroatoms. The zero-order valence-electron chi connectivity index (χ0n) is 9.56. The third-order valence-corrected chi connectivity index (χ3v) is 2.42. The molecule has 0 aliphatic heterocycles. The lowest BCUT2D eigenvalue weighted by Gasteiger charge is -2.06. The molecule has 1 heterocycles. The van der Waals surface area contributed by atoms with E-state index in [4.69, 9.17) is 10.2 Å². The molecule has 0 fully saturated rings. The van der Waals surface area contributed by atoms with Crippen LogP contribution in [0.4, 0.5) is 0 Å². The van der Waals surface area contributed by atoms with Gasteiger partial charge in [0.1, 0.15) is 5.58 Å². The van der Waals surface area contributed by atoms with E-state index in [0.29, 0.717) is 16.5 Å². The van der Waals surface area contributed by atoms with Gasteiger partial charge in [-0.05, 0) is 24.3 Å². The molecule has 17 heavy (non-hydrogen) atoms. The van der Waals surface area contributed by atoms with Gasteiger partial charge < -0.3 is 15.1 Å². The van der Waals surface area contributed by atoms with Gasteiger partial charge in [0.2, 0.25) is 5.91 Å². The summed E-state index contributed by atoms with van der Waals surface area (Å²) in [5.41, 5.74) is 6.12. The van der Waals surface area contributed by atoms with E-state index in [2.05, 4.69) is 0 Å². The van der Waals surface area contributed by atoms with Crippen LogP contribution < -0.4 is 5.73 Å². The van der Waals surface area contributed by atoms with E-state index in [1.807, 2.05) is 0 Å². The number of carbonyl (C=O) groups is 2. The largest absolute Gasteiger partial charge is 0.451 e. The van der Waals surface area contributed by atoms with Crippen molar-refractivity contribution >= 4 is 22.8 Å². The van der Waals surface area contributed by atoms with Crippen LogP contribution in [0.15, 0.2) is 28.7 Å². The number of benzene rings is 1. The van der Waals surface area contributed by atoms with E-state index in [0.717, 1.165) is 0 Å². The zero-order chi connectivity index (χ0) is 12.6. The highest BCUT2D eigenvalue weighted by Crippen LogP contribution is 2.21. The summed E-state index contributed by atoms with van der Waals surface area (Å²) in [5.74, 6) is -0.484. The molecule has 0 atom stereocenters. The van der Waals surface area contributed by atoms with Gasteiger partial charge >= 0.3 is 0 Å². The highest BCUT2D eigenvalue weighted by Gasteiger charge is 2.14. The highest BCUT2D eigenvalue weighted by atomic mass is 16.3. The first kappa shape index (κ1) is 11.2. The van der Waals surface area contributed by atoms with Crippen LogP contribution >= 0.6 is 0 Å². The SMILES string of the molecule is CN(C)C(=O)c1cc2cc(C(N)=O)ccc2o1. The van der Waals surface area contributed by atoms with Crippen molar-refractivity contribution in [2.45, 2.75) is 0 Å². The van der Waals surface area contributed by atoms with Crippen molar-refractivity contribution in [1.29, 1.82) is 0 Å². The summed E-state index contributed by atoms with van der Waals surface area (Å²) in [5, 5.41) is 0.687. The predicted molar refractivity (Wildman–Crippen MR) is 62.7 cm³/mol. The molecule has 2 aromatic rings. The van der Waals surface area contributed by atoms with Crippen molar-refractivity contribution in [2.24, 2.45) is 5.73 Å². The molecule has 0 radical (unpaired) electrons. The third-order valence-electron chi connectivity index (χ3n) is 2.42. The molecule has 2 rings (SSSR count). The molecule has 0 aliphatic carbocycles. The maximum absolute atomic E-state index is 11.7. The minimum atomic E-state index is -0.506. The number of rotatable bonds is 2. The molecule has 1 aromatic carbocycles. The van der Waals surface area contributed by atoms with Crippen molar-refractivity contribution in [2.75, 3.05) is 14.1 Å². The Hall–Kier alpha value is -2.30. The molecule has 2 N–H and O–H groups in total. The van der Waals surface area contributed by atoms with Gasteiger partial charge in [-0.15, -0.1) is 0 Å². The zero-order valence-corrected chi connectivity index (χ0v) is 9.56. The van der Waals surface area contributed by atoms with E-state index >= 15 is 0 Å². The number of hydrogen-bond acceptors (Lipinski definition) is 3.